The van der Waals surface area contributed by atoms with Crippen LogP contribution in [0.5, 0.6) is 0 Å². The van der Waals surface area contributed by atoms with Gasteiger partial charge in [-0.2, -0.15) is 0 Å². The zero-order valence-electron chi connectivity index (χ0n) is 24.2. The lowest BCUT2D eigenvalue weighted by Crippen LogP contribution is -2.01. The van der Waals surface area contributed by atoms with Gasteiger partial charge in [0, 0.05) is 27.5 Å². The van der Waals surface area contributed by atoms with Crippen molar-refractivity contribution in [2.24, 2.45) is 0 Å². The smallest absolute Gasteiger partial charge is 0.164 e. The maximum absolute atomic E-state index is 6.24. The first-order valence-corrected chi connectivity index (χ1v) is 15.0. The van der Waals surface area contributed by atoms with Crippen LogP contribution in [0.15, 0.2) is 156 Å². The zero-order chi connectivity index (χ0) is 29.7. The zero-order valence-corrected chi connectivity index (χ0v) is 24.2. The van der Waals surface area contributed by atoms with Crippen molar-refractivity contribution in [3.05, 3.63) is 152 Å². The van der Waals surface area contributed by atoms with E-state index in [0.29, 0.717) is 17.5 Å². The van der Waals surface area contributed by atoms with Crippen molar-refractivity contribution in [3.8, 4) is 45.3 Å². The van der Waals surface area contributed by atoms with Crippen molar-refractivity contribution in [1.82, 2.24) is 15.0 Å². The van der Waals surface area contributed by atoms with Gasteiger partial charge in [-0.3, -0.25) is 0 Å². The van der Waals surface area contributed by atoms with Gasteiger partial charge in [0.15, 0.2) is 17.5 Å². The number of hydrogen-bond acceptors (Lipinski definition) is 4. The predicted molar refractivity (Wildman–Crippen MR) is 184 cm³/mol. The Balaban J connectivity index is 1.33. The molecule has 0 aliphatic carbocycles. The molecule has 4 heteroatoms. The summed E-state index contributed by atoms with van der Waals surface area (Å²) in [7, 11) is 0. The van der Waals surface area contributed by atoms with Crippen LogP contribution in [0.25, 0.3) is 88.8 Å². The molecule has 0 N–H and O–H groups in total. The van der Waals surface area contributed by atoms with Crippen LogP contribution in [0.2, 0.25) is 0 Å². The van der Waals surface area contributed by atoms with Crippen molar-refractivity contribution in [3.63, 3.8) is 0 Å². The minimum absolute atomic E-state index is 0.605. The molecule has 2 heterocycles. The van der Waals surface area contributed by atoms with Crippen LogP contribution in [0.4, 0.5) is 0 Å². The van der Waals surface area contributed by atoms with Crippen LogP contribution in [-0.2, 0) is 0 Å². The Labute approximate surface area is 259 Å². The quantitative estimate of drug-likeness (QED) is 0.196. The molecule has 9 aromatic rings. The Morgan fingerprint density at radius 2 is 0.956 bits per heavy atom. The molecular weight excluding hydrogens is 550 g/mol. The second-order valence-corrected chi connectivity index (χ2v) is 11.2. The minimum atomic E-state index is 0.605. The molecule has 210 valence electrons. The fourth-order valence-electron chi connectivity index (χ4n) is 6.40. The number of furan rings is 1. The Kier molecular flexibility index (Phi) is 5.78. The van der Waals surface area contributed by atoms with E-state index in [4.69, 9.17) is 19.4 Å². The third-order valence-corrected chi connectivity index (χ3v) is 8.54. The minimum Gasteiger partial charge on any atom is -0.456 e. The average molecular weight is 576 g/mol. The van der Waals surface area contributed by atoms with Crippen molar-refractivity contribution >= 4 is 43.5 Å². The van der Waals surface area contributed by atoms with Gasteiger partial charge in [0.2, 0.25) is 0 Å². The second kappa shape index (κ2) is 10.2. The molecule has 0 spiro atoms. The van der Waals surface area contributed by atoms with Gasteiger partial charge in [0.1, 0.15) is 11.2 Å². The molecule has 0 fully saturated rings. The maximum atomic E-state index is 6.24. The number of fused-ring (bicyclic) bond motifs is 6. The summed E-state index contributed by atoms with van der Waals surface area (Å²) in [6, 6.07) is 52.2. The van der Waals surface area contributed by atoms with Crippen molar-refractivity contribution in [2.75, 3.05) is 0 Å². The molecular formula is C41H25N3O. The van der Waals surface area contributed by atoms with E-state index in [1.165, 1.54) is 21.5 Å². The third-order valence-electron chi connectivity index (χ3n) is 8.54. The summed E-state index contributed by atoms with van der Waals surface area (Å²) in [6.45, 7) is 0. The molecule has 9 rings (SSSR count). The Bertz CT molecular complexity index is 2550. The van der Waals surface area contributed by atoms with Gasteiger partial charge in [-0.25, -0.2) is 15.0 Å². The summed E-state index contributed by atoms with van der Waals surface area (Å²) in [6.07, 6.45) is 0. The average Bonchev–Trinajstić information content (AvgIpc) is 3.50. The van der Waals surface area contributed by atoms with Crippen LogP contribution in [-0.4, -0.2) is 15.0 Å². The first kappa shape index (κ1) is 25.4. The topological polar surface area (TPSA) is 51.8 Å². The largest absolute Gasteiger partial charge is 0.456 e. The first-order valence-electron chi connectivity index (χ1n) is 15.0. The molecule has 0 unspecified atom stereocenters. The van der Waals surface area contributed by atoms with Crippen molar-refractivity contribution < 1.29 is 4.42 Å². The van der Waals surface area contributed by atoms with Crippen LogP contribution >= 0.6 is 0 Å². The van der Waals surface area contributed by atoms with E-state index in [1.807, 2.05) is 42.5 Å². The lowest BCUT2D eigenvalue weighted by atomic mass is 9.98. The maximum Gasteiger partial charge on any atom is 0.164 e. The van der Waals surface area contributed by atoms with Crippen LogP contribution in [0.1, 0.15) is 0 Å². The Morgan fingerprint density at radius 3 is 1.82 bits per heavy atom. The molecule has 0 aliphatic rings. The summed E-state index contributed by atoms with van der Waals surface area (Å²) in [5, 5.41) is 6.79. The van der Waals surface area contributed by atoms with E-state index >= 15 is 0 Å². The third kappa shape index (κ3) is 4.27. The highest BCUT2D eigenvalue weighted by Gasteiger charge is 2.19. The summed E-state index contributed by atoms with van der Waals surface area (Å²) in [4.78, 5) is 15.5. The Morgan fingerprint density at radius 1 is 0.356 bits per heavy atom. The molecule has 2 aromatic heterocycles. The van der Waals surface area contributed by atoms with Gasteiger partial charge in [-0.1, -0.05) is 133 Å². The van der Waals surface area contributed by atoms with E-state index in [0.717, 1.165) is 49.8 Å². The highest BCUT2D eigenvalue weighted by molar-refractivity contribution is 6.12. The lowest BCUT2D eigenvalue weighted by molar-refractivity contribution is 0.669. The van der Waals surface area contributed by atoms with Crippen LogP contribution in [0, 0.1) is 0 Å². The normalized spacial score (nSPS) is 11.6. The molecule has 0 aliphatic heterocycles. The van der Waals surface area contributed by atoms with Gasteiger partial charge >= 0.3 is 0 Å². The van der Waals surface area contributed by atoms with Gasteiger partial charge in [-0.15, -0.1) is 0 Å². The molecule has 0 saturated carbocycles. The van der Waals surface area contributed by atoms with E-state index in [2.05, 4.69) is 109 Å². The molecule has 7 aromatic carbocycles. The van der Waals surface area contributed by atoms with E-state index in [1.54, 1.807) is 0 Å². The van der Waals surface area contributed by atoms with E-state index < -0.39 is 0 Å². The lowest BCUT2D eigenvalue weighted by Gasteiger charge is -2.13. The molecule has 4 nitrogen and oxygen atoms in total. The fourth-order valence-corrected chi connectivity index (χ4v) is 6.40. The molecule has 45 heavy (non-hydrogen) atoms. The number of para-hydroxylation sites is 1. The first-order chi connectivity index (χ1) is 22.3. The van der Waals surface area contributed by atoms with Gasteiger partial charge in [0.05, 0.1) is 0 Å². The van der Waals surface area contributed by atoms with Crippen molar-refractivity contribution in [1.29, 1.82) is 0 Å². The molecule has 0 atom stereocenters. The Hall–Kier alpha value is -6.13. The number of aromatic nitrogens is 3. The van der Waals surface area contributed by atoms with Crippen molar-refractivity contribution in [2.45, 2.75) is 0 Å². The highest BCUT2D eigenvalue weighted by atomic mass is 16.3. The number of hydrogen-bond donors (Lipinski definition) is 0. The van der Waals surface area contributed by atoms with Gasteiger partial charge < -0.3 is 4.42 Å². The van der Waals surface area contributed by atoms with Crippen LogP contribution < -0.4 is 0 Å². The summed E-state index contributed by atoms with van der Waals surface area (Å²) < 4.78 is 6.24. The number of nitrogens with zero attached hydrogens (tertiary/aromatic N) is 3. The monoisotopic (exact) mass is 575 g/mol. The standard InChI is InChI=1S/C41H25N3O/c1-2-11-26(12-3-1)30-14-6-7-16-32(30)40-42-39(29-24-23-28-22-21-27-13-4-5-15-31(27)35(28)25-29)43-41(44-40)34-18-10-20-37-38(34)33-17-8-9-19-36(33)45-37/h1-25H. The summed E-state index contributed by atoms with van der Waals surface area (Å²) >= 11 is 0. The van der Waals surface area contributed by atoms with Crippen LogP contribution in [0.3, 0.4) is 0 Å². The SMILES string of the molecule is c1ccc(-c2ccccc2-c2nc(-c3ccc4ccc5ccccc5c4c3)nc(-c3cccc4oc5ccccc5c34)n2)cc1. The predicted octanol–water partition coefficient (Wildman–Crippen LogP) is 10.7. The number of benzene rings is 7. The van der Waals surface area contributed by atoms with Gasteiger partial charge in [-0.05, 0) is 50.9 Å². The van der Waals surface area contributed by atoms with E-state index in [9.17, 15) is 0 Å². The molecule has 0 bridgehead atoms. The molecule has 0 radical (unpaired) electrons. The molecule has 0 amide bonds. The van der Waals surface area contributed by atoms with E-state index in [-0.39, 0.29) is 0 Å². The summed E-state index contributed by atoms with van der Waals surface area (Å²) in [5.41, 5.74) is 6.61. The number of rotatable bonds is 4. The second-order valence-electron chi connectivity index (χ2n) is 11.2. The fraction of sp³-hybridized carbons (Fsp3) is 0. The molecule has 0 saturated heterocycles. The highest BCUT2D eigenvalue weighted by Crippen LogP contribution is 2.38. The summed E-state index contributed by atoms with van der Waals surface area (Å²) in [5.74, 6) is 1.85. The van der Waals surface area contributed by atoms with Gasteiger partial charge in [0.25, 0.3) is 0 Å².